The molecule has 1 fully saturated rings. The van der Waals surface area contributed by atoms with Gasteiger partial charge in [-0.25, -0.2) is 9.37 Å². The number of carbonyl (C=O) groups is 1. The Bertz CT molecular complexity index is 796. The molecule has 0 atom stereocenters. The van der Waals surface area contributed by atoms with Crippen molar-refractivity contribution in [1.29, 1.82) is 5.26 Å². The van der Waals surface area contributed by atoms with Crippen LogP contribution >= 0.6 is 0 Å². The molecule has 0 unspecified atom stereocenters. The van der Waals surface area contributed by atoms with Gasteiger partial charge in [0.2, 0.25) is 5.91 Å². The predicted octanol–water partition coefficient (Wildman–Crippen LogP) is 2.72. The number of anilines is 1. The second-order valence-electron chi connectivity index (χ2n) is 6.22. The molecule has 1 amide bonds. The van der Waals surface area contributed by atoms with E-state index in [1.54, 1.807) is 47.2 Å². The summed E-state index contributed by atoms with van der Waals surface area (Å²) < 4.78 is 13.9. The maximum atomic E-state index is 13.9. The van der Waals surface area contributed by atoms with Gasteiger partial charge in [0.25, 0.3) is 0 Å². The van der Waals surface area contributed by atoms with Crippen LogP contribution in [-0.2, 0) is 11.3 Å². The van der Waals surface area contributed by atoms with Gasteiger partial charge in [0.15, 0.2) is 0 Å². The summed E-state index contributed by atoms with van der Waals surface area (Å²) in [7, 11) is 1.78. The van der Waals surface area contributed by atoms with E-state index in [-0.39, 0.29) is 30.9 Å². The fraction of sp³-hybridized carbons (Fsp3) is 0.316. The zero-order chi connectivity index (χ0) is 17.8. The highest BCUT2D eigenvalue weighted by Gasteiger charge is 2.33. The smallest absolute Gasteiger partial charge is 0.242 e. The van der Waals surface area contributed by atoms with Gasteiger partial charge in [0, 0.05) is 31.4 Å². The molecule has 0 bridgehead atoms. The Labute approximate surface area is 146 Å². The van der Waals surface area contributed by atoms with Gasteiger partial charge in [-0.15, -0.1) is 0 Å². The van der Waals surface area contributed by atoms with E-state index in [0.717, 1.165) is 12.8 Å². The Morgan fingerprint density at radius 3 is 2.68 bits per heavy atom. The second-order valence-corrected chi connectivity index (χ2v) is 6.22. The van der Waals surface area contributed by atoms with Crippen molar-refractivity contribution in [2.45, 2.75) is 25.4 Å². The molecule has 1 aliphatic carbocycles. The third-order valence-corrected chi connectivity index (χ3v) is 4.25. The van der Waals surface area contributed by atoms with Gasteiger partial charge in [0.05, 0.1) is 12.1 Å². The fourth-order valence-electron chi connectivity index (χ4n) is 2.67. The molecular weight excluding hydrogens is 319 g/mol. The van der Waals surface area contributed by atoms with Gasteiger partial charge in [-0.2, -0.15) is 5.26 Å². The topological polar surface area (TPSA) is 60.2 Å². The average molecular weight is 338 g/mol. The lowest BCUT2D eigenvalue weighted by molar-refractivity contribution is -0.130. The molecule has 0 saturated heterocycles. The highest BCUT2D eigenvalue weighted by Crippen LogP contribution is 2.29. The summed E-state index contributed by atoms with van der Waals surface area (Å²) in [4.78, 5) is 20.4. The number of benzene rings is 1. The van der Waals surface area contributed by atoms with Gasteiger partial charge in [-0.1, -0.05) is 18.2 Å². The van der Waals surface area contributed by atoms with Gasteiger partial charge in [-0.05, 0) is 31.0 Å². The number of likely N-dealkylation sites (N-methyl/N-ethyl adjacent to an activating group) is 1. The van der Waals surface area contributed by atoms with E-state index >= 15 is 0 Å². The normalized spacial score (nSPS) is 13.2. The molecule has 0 radical (unpaired) electrons. The molecule has 3 rings (SSSR count). The number of hydrogen-bond donors (Lipinski definition) is 0. The van der Waals surface area contributed by atoms with E-state index in [4.69, 9.17) is 5.26 Å². The van der Waals surface area contributed by atoms with Gasteiger partial charge in [-0.3, -0.25) is 4.79 Å². The summed E-state index contributed by atoms with van der Waals surface area (Å²) in [6, 6.07) is 12.1. The summed E-state index contributed by atoms with van der Waals surface area (Å²) in [6.45, 7) is 0.439. The van der Waals surface area contributed by atoms with Crippen LogP contribution in [0.3, 0.4) is 0 Å². The fourth-order valence-corrected chi connectivity index (χ4v) is 2.67. The van der Waals surface area contributed by atoms with Gasteiger partial charge < -0.3 is 9.80 Å². The van der Waals surface area contributed by atoms with Crippen molar-refractivity contribution in [3.05, 3.63) is 59.5 Å². The maximum absolute atomic E-state index is 13.9. The van der Waals surface area contributed by atoms with Crippen molar-refractivity contribution >= 4 is 11.7 Å². The third-order valence-electron chi connectivity index (χ3n) is 4.25. The third kappa shape index (κ3) is 4.13. The van der Waals surface area contributed by atoms with E-state index in [2.05, 4.69) is 4.98 Å². The first-order valence-corrected chi connectivity index (χ1v) is 8.18. The largest absolute Gasteiger partial charge is 0.350 e. The van der Waals surface area contributed by atoms with E-state index in [0.29, 0.717) is 16.9 Å². The molecule has 0 aliphatic heterocycles. The molecule has 1 aromatic heterocycles. The minimum atomic E-state index is -0.289. The molecule has 128 valence electrons. The number of amides is 1. The number of nitrogens with zero attached hydrogens (tertiary/aromatic N) is 4. The standard InChI is InChI=1S/C19H19FN4O/c1-23(18-9-6-14(10-21)11-22-18)13-19(25)24(16-7-8-16)12-15-4-2-3-5-17(15)20/h2-6,9,11,16H,7-8,12-13H2,1H3. The Hall–Kier alpha value is -2.94. The lowest BCUT2D eigenvalue weighted by Gasteiger charge is -2.26. The molecule has 0 spiro atoms. The number of rotatable bonds is 6. The molecular formula is C19H19FN4O. The Morgan fingerprint density at radius 1 is 1.32 bits per heavy atom. The van der Waals surface area contributed by atoms with Crippen LogP contribution in [0.25, 0.3) is 0 Å². The summed E-state index contributed by atoms with van der Waals surface area (Å²) in [6.07, 6.45) is 3.40. The van der Waals surface area contributed by atoms with E-state index in [1.807, 2.05) is 6.07 Å². The predicted molar refractivity (Wildman–Crippen MR) is 92.2 cm³/mol. The van der Waals surface area contributed by atoms with Crippen LogP contribution in [0, 0.1) is 17.1 Å². The van der Waals surface area contributed by atoms with Crippen molar-refractivity contribution in [3.8, 4) is 6.07 Å². The monoisotopic (exact) mass is 338 g/mol. The quantitative estimate of drug-likeness (QED) is 0.812. The molecule has 1 saturated carbocycles. The number of aromatic nitrogens is 1. The molecule has 1 heterocycles. The molecule has 25 heavy (non-hydrogen) atoms. The number of hydrogen-bond acceptors (Lipinski definition) is 4. The van der Waals surface area contributed by atoms with Crippen LogP contribution in [0.1, 0.15) is 24.0 Å². The summed E-state index contributed by atoms with van der Waals surface area (Å²) >= 11 is 0. The van der Waals surface area contributed by atoms with Gasteiger partial charge in [0.1, 0.15) is 17.7 Å². The SMILES string of the molecule is CN(CC(=O)N(Cc1ccccc1F)C1CC1)c1ccc(C#N)cn1. The molecule has 6 heteroatoms. The van der Waals surface area contributed by atoms with Crippen LogP contribution in [0.5, 0.6) is 0 Å². The highest BCUT2D eigenvalue weighted by molar-refractivity contribution is 5.81. The highest BCUT2D eigenvalue weighted by atomic mass is 19.1. The Kier molecular flexibility index (Phi) is 4.94. The Balaban J connectivity index is 1.68. The number of halogens is 1. The number of carbonyl (C=O) groups excluding carboxylic acids is 1. The summed E-state index contributed by atoms with van der Waals surface area (Å²) in [5, 5.41) is 8.82. The molecule has 1 aliphatic rings. The zero-order valence-electron chi connectivity index (χ0n) is 14.0. The lowest BCUT2D eigenvalue weighted by Crippen LogP contribution is -2.40. The van der Waals surface area contributed by atoms with Crippen LogP contribution < -0.4 is 4.90 Å². The molecule has 2 aromatic rings. The summed E-state index contributed by atoms with van der Waals surface area (Å²) in [5.41, 5.74) is 1.00. The minimum absolute atomic E-state index is 0.0561. The summed E-state index contributed by atoms with van der Waals surface area (Å²) in [5.74, 6) is 0.275. The van der Waals surface area contributed by atoms with Crippen LogP contribution in [0.2, 0.25) is 0 Å². The van der Waals surface area contributed by atoms with Crippen molar-refractivity contribution in [1.82, 2.24) is 9.88 Å². The van der Waals surface area contributed by atoms with Crippen LogP contribution in [-0.4, -0.2) is 35.4 Å². The van der Waals surface area contributed by atoms with E-state index < -0.39 is 0 Å². The lowest BCUT2D eigenvalue weighted by atomic mass is 10.2. The molecule has 0 N–H and O–H groups in total. The van der Waals surface area contributed by atoms with Crippen molar-refractivity contribution in [2.75, 3.05) is 18.5 Å². The first-order chi connectivity index (χ1) is 12.1. The van der Waals surface area contributed by atoms with Gasteiger partial charge >= 0.3 is 0 Å². The van der Waals surface area contributed by atoms with E-state index in [1.165, 1.54) is 12.3 Å². The van der Waals surface area contributed by atoms with Crippen LogP contribution in [0.4, 0.5) is 10.2 Å². The minimum Gasteiger partial charge on any atom is -0.350 e. The molecule has 5 nitrogen and oxygen atoms in total. The first-order valence-electron chi connectivity index (χ1n) is 8.18. The average Bonchev–Trinajstić information content (AvgIpc) is 3.46. The first kappa shape index (κ1) is 16.9. The zero-order valence-corrected chi connectivity index (χ0v) is 14.0. The van der Waals surface area contributed by atoms with Crippen LogP contribution in [0.15, 0.2) is 42.6 Å². The van der Waals surface area contributed by atoms with Crippen molar-refractivity contribution < 1.29 is 9.18 Å². The number of nitriles is 1. The van der Waals surface area contributed by atoms with Crippen molar-refractivity contribution in [2.24, 2.45) is 0 Å². The van der Waals surface area contributed by atoms with Crippen molar-refractivity contribution in [3.63, 3.8) is 0 Å². The maximum Gasteiger partial charge on any atom is 0.242 e. The molecule has 1 aromatic carbocycles. The number of pyridine rings is 1. The second kappa shape index (κ2) is 7.31. The van der Waals surface area contributed by atoms with E-state index in [9.17, 15) is 9.18 Å². The Morgan fingerprint density at radius 2 is 2.08 bits per heavy atom.